The van der Waals surface area contributed by atoms with E-state index >= 15 is 0 Å². The molecule has 1 rings (SSSR count). The third-order valence-electron chi connectivity index (χ3n) is 2.45. The highest BCUT2D eigenvalue weighted by molar-refractivity contribution is 9.10. The minimum atomic E-state index is -1.04. The topological polar surface area (TPSA) is 66.4 Å². The Bertz CT molecular complexity index is 473. The van der Waals surface area contributed by atoms with Gasteiger partial charge in [-0.15, -0.1) is 11.8 Å². The van der Waals surface area contributed by atoms with Crippen LogP contribution < -0.4 is 5.32 Å². The maximum absolute atomic E-state index is 12.0. The van der Waals surface area contributed by atoms with Gasteiger partial charge in [0, 0.05) is 9.37 Å². The van der Waals surface area contributed by atoms with Crippen LogP contribution in [0.1, 0.15) is 20.8 Å². The van der Waals surface area contributed by atoms with Gasteiger partial charge in [0.05, 0.1) is 4.75 Å². The van der Waals surface area contributed by atoms with Crippen molar-refractivity contribution >= 4 is 39.6 Å². The molecule has 1 aromatic rings. The number of rotatable bonds is 5. The molecular weight excluding hydrogens is 330 g/mol. The summed E-state index contributed by atoms with van der Waals surface area (Å²) in [6.07, 6.45) is 0. The summed E-state index contributed by atoms with van der Waals surface area (Å²) in [5, 5.41) is 11.3. The van der Waals surface area contributed by atoms with Crippen molar-refractivity contribution in [2.75, 3.05) is 0 Å². The van der Waals surface area contributed by atoms with Crippen molar-refractivity contribution in [3.8, 4) is 0 Å². The number of benzene rings is 1. The average Bonchev–Trinajstić information content (AvgIpc) is 2.31. The van der Waals surface area contributed by atoms with Crippen molar-refractivity contribution in [1.82, 2.24) is 5.32 Å². The van der Waals surface area contributed by atoms with E-state index in [4.69, 9.17) is 5.11 Å². The zero-order valence-electron chi connectivity index (χ0n) is 10.9. The molecule has 0 bridgehead atoms. The molecule has 0 fully saturated rings. The van der Waals surface area contributed by atoms with Crippen LogP contribution in [0.25, 0.3) is 0 Å². The second kappa shape index (κ2) is 6.43. The maximum Gasteiger partial charge on any atom is 0.325 e. The molecule has 1 atom stereocenters. The monoisotopic (exact) mass is 345 g/mol. The van der Waals surface area contributed by atoms with Crippen LogP contribution in [0.3, 0.4) is 0 Å². The summed E-state index contributed by atoms with van der Waals surface area (Å²) < 4.78 is 0.232. The fraction of sp³-hybridized carbons (Fsp3) is 0.385. The molecule has 0 aromatic heterocycles. The standard InChI is InChI=1S/C13H16BrNO3S/c1-8(11(16)17)15-12(18)13(2,3)19-10-6-4-9(14)5-7-10/h4-8H,1-3H3,(H,15,18)(H,16,17)/t8-/m1/s1. The molecule has 0 aliphatic rings. The van der Waals surface area contributed by atoms with E-state index in [0.717, 1.165) is 9.37 Å². The molecule has 6 heteroatoms. The van der Waals surface area contributed by atoms with Crippen molar-refractivity contribution in [3.05, 3.63) is 28.7 Å². The number of halogens is 1. The van der Waals surface area contributed by atoms with E-state index in [1.165, 1.54) is 18.7 Å². The zero-order chi connectivity index (χ0) is 14.6. The van der Waals surface area contributed by atoms with Crippen LogP contribution in [0.15, 0.2) is 33.6 Å². The average molecular weight is 346 g/mol. The first-order valence-corrected chi connectivity index (χ1v) is 7.31. The van der Waals surface area contributed by atoms with E-state index in [9.17, 15) is 9.59 Å². The first-order valence-electron chi connectivity index (χ1n) is 5.71. The second-order valence-corrected chi connectivity index (χ2v) is 7.21. The Morgan fingerprint density at radius 1 is 1.32 bits per heavy atom. The molecular formula is C13H16BrNO3S. The van der Waals surface area contributed by atoms with Crippen LogP contribution in [0, 0.1) is 0 Å². The lowest BCUT2D eigenvalue weighted by Crippen LogP contribution is -2.46. The van der Waals surface area contributed by atoms with Crippen LogP contribution in [-0.2, 0) is 9.59 Å². The van der Waals surface area contributed by atoms with E-state index in [1.807, 2.05) is 24.3 Å². The molecule has 1 aromatic carbocycles. The highest BCUT2D eigenvalue weighted by Gasteiger charge is 2.31. The van der Waals surface area contributed by atoms with Crippen molar-refractivity contribution < 1.29 is 14.7 Å². The highest BCUT2D eigenvalue weighted by Crippen LogP contribution is 2.33. The molecule has 0 saturated heterocycles. The van der Waals surface area contributed by atoms with Gasteiger partial charge in [-0.05, 0) is 45.0 Å². The van der Waals surface area contributed by atoms with Crippen LogP contribution in [0.5, 0.6) is 0 Å². The Labute approximate surface area is 125 Å². The van der Waals surface area contributed by atoms with Gasteiger partial charge in [0.25, 0.3) is 0 Å². The van der Waals surface area contributed by atoms with Gasteiger partial charge in [0.2, 0.25) is 5.91 Å². The number of hydrogen-bond acceptors (Lipinski definition) is 3. The van der Waals surface area contributed by atoms with Gasteiger partial charge in [0.15, 0.2) is 0 Å². The molecule has 2 N–H and O–H groups in total. The minimum absolute atomic E-state index is 0.296. The number of carbonyl (C=O) groups excluding carboxylic acids is 1. The van der Waals surface area contributed by atoms with Gasteiger partial charge in [0.1, 0.15) is 6.04 Å². The molecule has 0 aliphatic carbocycles. The summed E-state index contributed by atoms with van der Waals surface area (Å²) in [7, 11) is 0. The Hall–Kier alpha value is -1.01. The molecule has 4 nitrogen and oxygen atoms in total. The van der Waals surface area contributed by atoms with Crippen LogP contribution in [0.4, 0.5) is 0 Å². The lowest BCUT2D eigenvalue weighted by molar-refractivity contribution is -0.141. The van der Waals surface area contributed by atoms with Gasteiger partial charge >= 0.3 is 5.97 Å². The number of nitrogens with one attached hydrogen (secondary N) is 1. The van der Waals surface area contributed by atoms with Crippen molar-refractivity contribution in [2.24, 2.45) is 0 Å². The summed E-state index contributed by atoms with van der Waals surface area (Å²) in [6, 6.07) is 6.72. The molecule has 0 saturated carbocycles. The number of carboxylic acid groups (broad SMARTS) is 1. The predicted octanol–water partition coefficient (Wildman–Crippen LogP) is 2.91. The molecule has 19 heavy (non-hydrogen) atoms. The molecule has 1 amide bonds. The largest absolute Gasteiger partial charge is 0.480 e. The first-order chi connectivity index (χ1) is 8.72. The predicted molar refractivity (Wildman–Crippen MR) is 79.3 cm³/mol. The van der Waals surface area contributed by atoms with Crippen LogP contribution in [0.2, 0.25) is 0 Å². The number of hydrogen-bond donors (Lipinski definition) is 2. The van der Waals surface area contributed by atoms with E-state index < -0.39 is 16.8 Å². The van der Waals surface area contributed by atoms with Crippen molar-refractivity contribution in [1.29, 1.82) is 0 Å². The summed E-state index contributed by atoms with van der Waals surface area (Å²) >= 11 is 4.74. The Morgan fingerprint density at radius 3 is 2.32 bits per heavy atom. The molecule has 0 aliphatic heterocycles. The summed E-state index contributed by atoms with van der Waals surface area (Å²) in [5.41, 5.74) is 0. The normalized spacial score (nSPS) is 12.8. The van der Waals surface area contributed by atoms with E-state index in [2.05, 4.69) is 21.2 Å². The SMILES string of the molecule is C[C@@H](NC(=O)C(C)(C)Sc1ccc(Br)cc1)C(=O)O. The lowest BCUT2D eigenvalue weighted by Gasteiger charge is -2.24. The van der Waals surface area contributed by atoms with Gasteiger partial charge in [-0.2, -0.15) is 0 Å². The Kier molecular flexibility index (Phi) is 5.43. The quantitative estimate of drug-likeness (QED) is 0.805. The smallest absolute Gasteiger partial charge is 0.325 e. The molecule has 0 heterocycles. The second-order valence-electron chi connectivity index (χ2n) is 4.60. The Balaban J connectivity index is 2.72. The summed E-state index contributed by atoms with van der Waals surface area (Å²) in [5.74, 6) is -1.34. The third-order valence-corrected chi connectivity index (χ3v) is 4.18. The van der Waals surface area contributed by atoms with Gasteiger partial charge in [-0.3, -0.25) is 9.59 Å². The van der Waals surface area contributed by atoms with Crippen molar-refractivity contribution in [3.63, 3.8) is 0 Å². The third kappa shape index (κ3) is 4.87. The zero-order valence-corrected chi connectivity index (χ0v) is 13.3. The van der Waals surface area contributed by atoms with Crippen molar-refractivity contribution in [2.45, 2.75) is 36.5 Å². The molecule has 0 spiro atoms. The van der Waals surface area contributed by atoms with Crippen LogP contribution in [-0.4, -0.2) is 27.8 Å². The van der Waals surface area contributed by atoms with E-state index in [1.54, 1.807) is 13.8 Å². The lowest BCUT2D eigenvalue weighted by atomic mass is 10.2. The molecule has 0 radical (unpaired) electrons. The Morgan fingerprint density at radius 2 is 1.84 bits per heavy atom. The van der Waals surface area contributed by atoms with E-state index in [-0.39, 0.29) is 5.91 Å². The molecule has 0 unspecified atom stereocenters. The number of carboxylic acids is 1. The first kappa shape index (κ1) is 16.0. The van der Waals surface area contributed by atoms with Gasteiger partial charge in [-0.1, -0.05) is 15.9 Å². The minimum Gasteiger partial charge on any atom is -0.480 e. The number of carbonyl (C=O) groups is 2. The highest BCUT2D eigenvalue weighted by atomic mass is 79.9. The number of thioether (sulfide) groups is 1. The van der Waals surface area contributed by atoms with Gasteiger partial charge < -0.3 is 10.4 Å². The van der Waals surface area contributed by atoms with Crippen LogP contribution >= 0.6 is 27.7 Å². The maximum atomic E-state index is 12.0. The van der Waals surface area contributed by atoms with E-state index in [0.29, 0.717) is 0 Å². The fourth-order valence-corrected chi connectivity index (χ4v) is 2.55. The number of aliphatic carboxylic acids is 1. The molecule has 104 valence electrons. The summed E-state index contributed by atoms with van der Waals surface area (Å²) in [4.78, 5) is 23.7. The summed E-state index contributed by atoms with van der Waals surface area (Å²) in [6.45, 7) is 4.98. The fourth-order valence-electron chi connectivity index (χ4n) is 1.28. The van der Waals surface area contributed by atoms with Gasteiger partial charge in [-0.25, -0.2) is 0 Å². The number of amides is 1.